The number of anilines is 1. The zero-order valence-electron chi connectivity index (χ0n) is 10.9. The van der Waals surface area contributed by atoms with E-state index in [4.69, 9.17) is 5.11 Å². The van der Waals surface area contributed by atoms with Crippen molar-refractivity contribution in [3.05, 3.63) is 33.9 Å². The van der Waals surface area contributed by atoms with Gasteiger partial charge in [-0.05, 0) is 12.5 Å². The van der Waals surface area contributed by atoms with Gasteiger partial charge in [0.25, 0.3) is 5.69 Å². The third kappa shape index (κ3) is 4.23. The van der Waals surface area contributed by atoms with Gasteiger partial charge < -0.3 is 15.7 Å². The molecule has 20 heavy (non-hydrogen) atoms. The smallest absolute Gasteiger partial charge is 0.337 e. The summed E-state index contributed by atoms with van der Waals surface area (Å²) in [5.41, 5.74) is -0.330. The Labute approximate surface area is 114 Å². The van der Waals surface area contributed by atoms with Crippen molar-refractivity contribution in [1.82, 2.24) is 5.32 Å². The summed E-state index contributed by atoms with van der Waals surface area (Å²) < 4.78 is 0. The van der Waals surface area contributed by atoms with Crippen LogP contribution in [0.2, 0.25) is 0 Å². The SMILES string of the molecule is CCCNC(=O)CNc1cc([N+](=O)[O-])ccc1C(=O)O. The quantitative estimate of drug-likeness (QED) is 0.510. The van der Waals surface area contributed by atoms with Crippen molar-refractivity contribution >= 4 is 23.3 Å². The Morgan fingerprint density at radius 3 is 2.65 bits per heavy atom. The topological polar surface area (TPSA) is 122 Å². The van der Waals surface area contributed by atoms with Gasteiger partial charge in [0.2, 0.25) is 5.91 Å². The Balaban J connectivity index is 2.85. The average Bonchev–Trinajstić information content (AvgIpc) is 2.42. The number of nitro benzene ring substituents is 1. The summed E-state index contributed by atoms with van der Waals surface area (Å²) in [7, 11) is 0. The van der Waals surface area contributed by atoms with Crippen molar-refractivity contribution < 1.29 is 19.6 Å². The van der Waals surface area contributed by atoms with Gasteiger partial charge in [-0.25, -0.2) is 4.79 Å². The lowest BCUT2D eigenvalue weighted by molar-refractivity contribution is -0.384. The van der Waals surface area contributed by atoms with Crippen LogP contribution in [0.25, 0.3) is 0 Å². The fourth-order valence-electron chi connectivity index (χ4n) is 1.48. The number of nitrogens with zero attached hydrogens (tertiary/aromatic N) is 1. The molecule has 1 aromatic carbocycles. The lowest BCUT2D eigenvalue weighted by Crippen LogP contribution is -2.30. The van der Waals surface area contributed by atoms with Crippen LogP contribution in [0.1, 0.15) is 23.7 Å². The van der Waals surface area contributed by atoms with E-state index in [0.29, 0.717) is 6.54 Å². The van der Waals surface area contributed by atoms with Crippen LogP contribution in [0.3, 0.4) is 0 Å². The second-order valence-corrected chi connectivity index (χ2v) is 4.00. The second-order valence-electron chi connectivity index (χ2n) is 4.00. The molecule has 1 amide bonds. The maximum Gasteiger partial charge on any atom is 0.337 e. The van der Waals surface area contributed by atoms with Crippen molar-refractivity contribution in [3.8, 4) is 0 Å². The summed E-state index contributed by atoms with van der Waals surface area (Å²) in [6, 6.07) is 3.33. The van der Waals surface area contributed by atoms with Crippen LogP contribution < -0.4 is 10.6 Å². The minimum atomic E-state index is -1.23. The second kappa shape index (κ2) is 7.07. The van der Waals surface area contributed by atoms with Crippen LogP contribution in [-0.4, -0.2) is 35.0 Å². The highest BCUT2D eigenvalue weighted by Gasteiger charge is 2.15. The van der Waals surface area contributed by atoms with E-state index < -0.39 is 10.9 Å². The number of rotatable bonds is 7. The van der Waals surface area contributed by atoms with Gasteiger partial charge in [0.15, 0.2) is 0 Å². The van der Waals surface area contributed by atoms with Gasteiger partial charge in [0.05, 0.1) is 22.7 Å². The van der Waals surface area contributed by atoms with E-state index in [1.807, 2.05) is 6.92 Å². The number of carboxylic acids is 1. The minimum Gasteiger partial charge on any atom is -0.478 e. The van der Waals surface area contributed by atoms with Crippen LogP contribution >= 0.6 is 0 Å². The molecule has 0 aromatic heterocycles. The average molecular weight is 281 g/mol. The number of benzene rings is 1. The lowest BCUT2D eigenvalue weighted by atomic mass is 10.1. The van der Waals surface area contributed by atoms with Crippen molar-refractivity contribution in [2.75, 3.05) is 18.4 Å². The molecular weight excluding hydrogens is 266 g/mol. The first-order valence-electron chi connectivity index (χ1n) is 5.98. The molecule has 0 aliphatic rings. The van der Waals surface area contributed by atoms with E-state index in [-0.39, 0.29) is 29.4 Å². The van der Waals surface area contributed by atoms with E-state index in [9.17, 15) is 19.7 Å². The third-order valence-corrected chi connectivity index (χ3v) is 2.46. The van der Waals surface area contributed by atoms with Crippen molar-refractivity contribution in [2.45, 2.75) is 13.3 Å². The predicted molar refractivity (Wildman–Crippen MR) is 71.8 cm³/mol. The molecule has 8 nitrogen and oxygen atoms in total. The zero-order chi connectivity index (χ0) is 15.1. The first-order chi connectivity index (χ1) is 9.45. The molecule has 0 radical (unpaired) electrons. The predicted octanol–water partition coefficient (Wildman–Crippen LogP) is 1.23. The van der Waals surface area contributed by atoms with E-state index in [1.54, 1.807) is 0 Å². The van der Waals surface area contributed by atoms with Gasteiger partial charge in [0, 0.05) is 18.7 Å². The number of carboxylic acid groups (broad SMARTS) is 1. The maximum atomic E-state index is 11.4. The van der Waals surface area contributed by atoms with Gasteiger partial charge in [0.1, 0.15) is 0 Å². The Morgan fingerprint density at radius 1 is 1.40 bits per heavy atom. The number of hydrogen-bond donors (Lipinski definition) is 3. The molecular formula is C12H15N3O5. The normalized spacial score (nSPS) is 9.85. The van der Waals surface area contributed by atoms with Crippen molar-refractivity contribution in [1.29, 1.82) is 0 Å². The summed E-state index contributed by atoms with van der Waals surface area (Å²) in [5, 5.41) is 24.9. The maximum absolute atomic E-state index is 11.4. The molecule has 0 aliphatic heterocycles. The van der Waals surface area contributed by atoms with E-state index in [0.717, 1.165) is 24.6 Å². The third-order valence-electron chi connectivity index (χ3n) is 2.46. The fraction of sp³-hybridized carbons (Fsp3) is 0.333. The molecule has 8 heteroatoms. The summed E-state index contributed by atoms with van der Waals surface area (Å²) in [6.07, 6.45) is 0.781. The number of carbonyl (C=O) groups excluding carboxylic acids is 1. The highest BCUT2D eigenvalue weighted by Crippen LogP contribution is 2.22. The first kappa shape index (κ1) is 15.4. The summed E-state index contributed by atoms with van der Waals surface area (Å²) >= 11 is 0. The number of hydrogen-bond acceptors (Lipinski definition) is 5. The molecule has 0 saturated heterocycles. The van der Waals surface area contributed by atoms with Crippen molar-refractivity contribution in [3.63, 3.8) is 0 Å². The van der Waals surface area contributed by atoms with E-state index >= 15 is 0 Å². The van der Waals surface area contributed by atoms with Gasteiger partial charge in [-0.1, -0.05) is 6.92 Å². The van der Waals surface area contributed by atoms with Crippen LogP contribution in [0.5, 0.6) is 0 Å². The largest absolute Gasteiger partial charge is 0.478 e. The Bertz CT molecular complexity index is 530. The summed E-state index contributed by atoms with van der Waals surface area (Å²) in [4.78, 5) is 32.5. The van der Waals surface area contributed by atoms with Crippen LogP contribution in [0.4, 0.5) is 11.4 Å². The first-order valence-corrected chi connectivity index (χ1v) is 5.98. The molecule has 0 fully saturated rings. The number of aromatic carboxylic acids is 1. The van der Waals surface area contributed by atoms with Crippen molar-refractivity contribution in [2.24, 2.45) is 0 Å². The minimum absolute atomic E-state index is 0.0401. The summed E-state index contributed by atoms with van der Waals surface area (Å²) in [5.74, 6) is -1.54. The highest BCUT2D eigenvalue weighted by molar-refractivity contribution is 5.95. The van der Waals surface area contributed by atoms with Gasteiger partial charge in [-0.3, -0.25) is 14.9 Å². The molecule has 0 spiro atoms. The Morgan fingerprint density at radius 2 is 2.10 bits per heavy atom. The Hall–Kier alpha value is -2.64. The molecule has 1 aromatic rings. The van der Waals surface area contributed by atoms with Crippen LogP contribution in [0, 0.1) is 10.1 Å². The molecule has 3 N–H and O–H groups in total. The molecule has 0 saturated carbocycles. The number of carbonyl (C=O) groups is 2. The van der Waals surface area contributed by atoms with Gasteiger partial charge >= 0.3 is 5.97 Å². The van der Waals surface area contributed by atoms with E-state index in [2.05, 4.69) is 10.6 Å². The van der Waals surface area contributed by atoms with E-state index in [1.165, 1.54) is 0 Å². The standard InChI is InChI=1S/C12H15N3O5/c1-2-5-13-11(16)7-14-10-6-8(15(19)20)3-4-9(10)12(17)18/h3-4,6,14H,2,5,7H2,1H3,(H,13,16)(H,17,18). The molecule has 1 rings (SSSR count). The summed E-state index contributed by atoms with van der Waals surface area (Å²) in [6.45, 7) is 2.26. The van der Waals surface area contributed by atoms with Gasteiger partial charge in [-0.2, -0.15) is 0 Å². The molecule has 0 unspecified atom stereocenters. The van der Waals surface area contributed by atoms with Crippen LogP contribution in [-0.2, 0) is 4.79 Å². The molecule has 0 heterocycles. The number of nitrogens with one attached hydrogen (secondary N) is 2. The number of non-ortho nitro benzene ring substituents is 1. The number of nitro groups is 1. The monoisotopic (exact) mass is 281 g/mol. The molecule has 0 bridgehead atoms. The highest BCUT2D eigenvalue weighted by atomic mass is 16.6. The molecule has 0 atom stereocenters. The lowest BCUT2D eigenvalue weighted by Gasteiger charge is -2.09. The fourth-order valence-corrected chi connectivity index (χ4v) is 1.48. The molecule has 0 aliphatic carbocycles. The molecule has 108 valence electrons. The Kier molecular flexibility index (Phi) is 5.45. The van der Waals surface area contributed by atoms with Crippen LogP contribution in [0.15, 0.2) is 18.2 Å². The number of amides is 1. The van der Waals surface area contributed by atoms with Gasteiger partial charge in [-0.15, -0.1) is 0 Å². The zero-order valence-corrected chi connectivity index (χ0v) is 10.9.